The molecule has 1 aliphatic rings. The van der Waals surface area contributed by atoms with E-state index < -0.39 is 15.3 Å². The second kappa shape index (κ2) is 6.34. The van der Waals surface area contributed by atoms with E-state index in [4.69, 9.17) is 10.00 Å². The van der Waals surface area contributed by atoms with Crippen molar-refractivity contribution in [3.8, 4) is 6.07 Å². The third-order valence-corrected chi connectivity index (χ3v) is 4.94. The Labute approximate surface area is 103 Å². The number of hydrogen-bond acceptors (Lipinski definition) is 4. The third-order valence-electron chi connectivity index (χ3n) is 2.89. The van der Waals surface area contributed by atoms with Crippen molar-refractivity contribution in [1.29, 1.82) is 5.26 Å². The van der Waals surface area contributed by atoms with E-state index in [0.29, 0.717) is 19.7 Å². The Bertz CT molecular complexity index is 375. The molecule has 6 heteroatoms. The predicted molar refractivity (Wildman–Crippen MR) is 64.8 cm³/mol. The van der Waals surface area contributed by atoms with Crippen LogP contribution < -0.4 is 0 Å². The molecule has 0 radical (unpaired) electrons. The van der Waals surface area contributed by atoms with Gasteiger partial charge in [-0.1, -0.05) is 6.92 Å². The predicted octanol–water partition coefficient (Wildman–Crippen LogP) is 1.12. The molecule has 1 fully saturated rings. The molecule has 0 aliphatic carbocycles. The zero-order valence-electron chi connectivity index (χ0n) is 10.4. The van der Waals surface area contributed by atoms with E-state index >= 15 is 0 Å². The Morgan fingerprint density at radius 3 is 2.88 bits per heavy atom. The van der Waals surface area contributed by atoms with Crippen molar-refractivity contribution in [3.63, 3.8) is 0 Å². The number of ether oxygens (including phenoxy) is 1. The molecule has 5 nitrogen and oxygen atoms in total. The highest BCUT2D eigenvalue weighted by atomic mass is 32.2. The lowest BCUT2D eigenvalue weighted by atomic mass is 10.1. The quantitative estimate of drug-likeness (QED) is 0.742. The Balaban J connectivity index is 2.64. The first-order valence-corrected chi connectivity index (χ1v) is 7.52. The van der Waals surface area contributed by atoms with Crippen molar-refractivity contribution >= 4 is 10.0 Å². The average molecular weight is 260 g/mol. The van der Waals surface area contributed by atoms with Crippen LogP contribution in [0.3, 0.4) is 0 Å². The highest BCUT2D eigenvalue weighted by Crippen LogP contribution is 2.19. The molecule has 1 saturated heterocycles. The average Bonchev–Trinajstić information content (AvgIpc) is 2.35. The second-order valence-corrected chi connectivity index (χ2v) is 6.56. The van der Waals surface area contributed by atoms with Gasteiger partial charge in [0, 0.05) is 19.7 Å². The number of rotatable bonds is 5. The highest BCUT2D eigenvalue weighted by Gasteiger charge is 2.33. The number of hydrogen-bond donors (Lipinski definition) is 0. The Hall–Kier alpha value is -0.640. The first-order valence-electron chi connectivity index (χ1n) is 6.02. The molecule has 0 aromatic rings. The molecule has 0 bridgehead atoms. The number of nitriles is 1. The maximum atomic E-state index is 12.0. The maximum absolute atomic E-state index is 12.0. The normalized spacial score (nSPS) is 24.2. The summed E-state index contributed by atoms with van der Waals surface area (Å²) in [6, 6.07) is 1.79. The fourth-order valence-corrected chi connectivity index (χ4v) is 3.18. The topological polar surface area (TPSA) is 70.4 Å². The molecular formula is C11H20N2O3S. The summed E-state index contributed by atoms with van der Waals surface area (Å²) in [4.78, 5) is 0. The Morgan fingerprint density at radius 1 is 1.59 bits per heavy atom. The minimum Gasteiger partial charge on any atom is -0.377 e. The van der Waals surface area contributed by atoms with Crippen molar-refractivity contribution in [2.75, 3.05) is 19.7 Å². The first-order chi connectivity index (χ1) is 8.02. The third kappa shape index (κ3) is 3.66. The van der Waals surface area contributed by atoms with Crippen LogP contribution in [0.5, 0.6) is 0 Å². The minimum absolute atomic E-state index is 0.0237. The lowest BCUT2D eigenvalue weighted by molar-refractivity contribution is 0.0192. The Kier molecular flexibility index (Phi) is 5.37. The van der Waals surface area contributed by atoms with Gasteiger partial charge in [-0.05, 0) is 26.2 Å². The second-order valence-electron chi connectivity index (χ2n) is 4.31. The van der Waals surface area contributed by atoms with Crippen LogP contribution >= 0.6 is 0 Å². The van der Waals surface area contributed by atoms with E-state index in [1.54, 1.807) is 6.07 Å². The summed E-state index contributed by atoms with van der Waals surface area (Å²) in [6.07, 6.45) is 2.60. The molecule has 0 N–H and O–H groups in total. The SMILES string of the molecule is CCCOC1CCCN(S(=O)(=O)C(C)C#N)C1. The van der Waals surface area contributed by atoms with Crippen molar-refractivity contribution < 1.29 is 13.2 Å². The molecule has 1 heterocycles. The lowest BCUT2D eigenvalue weighted by Crippen LogP contribution is -2.46. The molecule has 17 heavy (non-hydrogen) atoms. The van der Waals surface area contributed by atoms with Crippen LogP contribution in [-0.2, 0) is 14.8 Å². The van der Waals surface area contributed by atoms with Crippen LogP contribution in [0, 0.1) is 11.3 Å². The molecular weight excluding hydrogens is 240 g/mol. The number of piperidine rings is 1. The van der Waals surface area contributed by atoms with Crippen molar-refractivity contribution in [2.45, 2.75) is 44.5 Å². The van der Waals surface area contributed by atoms with Gasteiger partial charge in [0.2, 0.25) is 10.0 Å². The van der Waals surface area contributed by atoms with Crippen molar-refractivity contribution in [1.82, 2.24) is 4.31 Å². The molecule has 1 aliphatic heterocycles. The van der Waals surface area contributed by atoms with Crippen LogP contribution in [0.1, 0.15) is 33.1 Å². The van der Waals surface area contributed by atoms with Crippen LogP contribution in [0.4, 0.5) is 0 Å². The molecule has 0 aromatic heterocycles. The van der Waals surface area contributed by atoms with Gasteiger partial charge < -0.3 is 4.74 Å². The van der Waals surface area contributed by atoms with Crippen LogP contribution in [0.2, 0.25) is 0 Å². The molecule has 0 spiro atoms. The Morgan fingerprint density at radius 2 is 2.29 bits per heavy atom. The fourth-order valence-electron chi connectivity index (χ4n) is 1.85. The van der Waals surface area contributed by atoms with Crippen molar-refractivity contribution in [2.24, 2.45) is 0 Å². The van der Waals surface area contributed by atoms with Gasteiger partial charge in [-0.25, -0.2) is 8.42 Å². The standard InChI is InChI=1S/C11H20N2O3S/c1-3-7-16-11-5-4-6-13(9-11)17(14,15)10(2)8-12/h10-11H,3-7,9H2,1-2H3. The van der Waals surface area contributed by atoms with Gasteiger partial charge in [0.05, 0.1) is 12.2 Å². The molecule has 2 unspecified atom stereocenters. The summed E-state index contributed by atoms with van der Waals surface area (Å²) < 4.78 is 30.9. The van der Waals surface area contributed by atoms with Gasteiger partial charge in [0.1, 0.15) is 0 Å². The van der Waals surface area contributed by atoms with E-state index in [0.717, 1.165) is 19.3 Å². The zero-order chi connectivity index (χ0) is 12.9. The molecule has 0 aromatic carbocycles. The monoisotopic (exact) mass is 260 g/mol. The van der Waals surface area contributed by atoms with Gasteiger partial charge in [-0.15, -0.1) is 0 Å². The summed E-state index contributed by atoms with van der Waals surface area (Å²) in [5, 5.41) is 7.74. The fraction of sp³-hybridized carbons (Fsp3) is 0.909. The molecule has 0 saturated carbocycles. The van der Waals surface area contributed by atoms with E-state index in [-0.39, 0.29) is 6.10 Å². The van der Waals surface area contributed by atoms with Crippen LogP contribution in [0.15, 0.2) is 0 Å². The summed E-state index contributed by atoms with van der Waals surface area (Å²) in [5.74, 6) is 0. The highest BCUT2D eigenvalue weighted by molar-refractivity contribution is 7.89. The largest absolute Gasteiger partial charge is 0.377 e. The summed E-state index contributed by atoms with van der Waals surface area (Å²) in [7, 11) is -3.48. The number of sulfonamides is 1. The van der Waals surface area contributed by atoms with Gasteiger partial charge in [-0.3, -0.25) is 0 Å². The molecule has 0 amide bonds. The lowest BCUT2D eigenvalue weighted by Gasteiger charge is -2.32. The molecule has 98 valence electrons. The van der Waals surface area contributed by atoms with Gasteiger partial charge in [0.25, 0.3) is 0 Å². The molecule has 2 atom stereocenters. The van der Waals surface area contributed by atoms with Crippen molar-refractivity contribution in [3.05, 3.63) is 0 Å². The van der Waals surface area contributed by atoms with Gasteiger partial charge in [-0.2, -0.15) is 9.57 Å². The first kappa shape index (κ1) is 14.4. The molecule has 1 rings (SSSR count). The maximum Gasteiger partial charge on any atom is 0.230 e. The van der Waals surface area contributed by atoms with E-state index in [2.05, 4.69) is 0 Å². The summed E-state index contributed by atoms with van der Waals surface area (Å²) >= 11 is 0. The van der Waals surface area contributed by atoms with E-state index in [1.165, 1.54) is 11.2 Å². The van der Waals surface area contributed by atoms with E-state index in [9.17, 15) is 8.42 Å². The number of nitrogens with zero attached hydrogens (tertiary/aromatic N) is 2. The minimum atomic E-state index is -3.48. The van der Waals surface area contributed by atoms with E-state index in [1.807, 2.05) is 6.92 Å². The summed E-state index contributed by atoms with van der Waals surface area (Å²) in [5.41, 5.74) is 0. The summed E-state index contributed by atoms with van der Waals surface area (Å²) in [6.45, 7) is 4.99. The smallest absolute Gasteiger partial charge is 0.230 e. The van der Waals surface area contributed by atoms with Gasteiger partial charge in [0.15, 0.2) is 5.25 Å². The van der Waals surface area contributed by atoms with Gasteiger partial charge >= 0.3 is 0 Å². The van der Waals surface area contributed by atoms with Crippen LogP contribution in [0.25, 0.3) is 0 Å². The van der Waals surface area contributed by atoms with Crippen LogP contribution in [-0.4, -0.2) is 43.8 Å². The zero-order valence-corrected chi connectivity index (χ0v) is 11.2.